The summed E-state index contributed by atoms with van der Waals surface area (Å²) in [6.07, 6.45) is 1.74. The van der Waals surface area contributed by atoms with Crippen LogP contribution in [0.3, 0.4) is 0 Å². The van der Waals surface area contributed by atoms with Gasteiger partial charge in [0.2, 0.25) is 0 Å². The summed E-state index contributed by atoms with van der Waals surface area (Å²) >= 11 is 0. The number of nitrogens with zero attached hydrogens (tertiary/aromatic N) is 1. The van der Waals surface area contributed by atoms with Crippen molar-refractivity contribution in [3.05, 3.63) is 53.7 Å². The maximum atomic E-state index is 12.5. The molecular weight excluding hydrogens is 526 g/mol. The molecule has 0 saturated carbocycles. The molecule has 3 aromatic rings. The summed E-state index contributed by atoms with van der Waals surface area (Å²) in [5.74, 6) is -0.0459. The van der Waals surface area contributed by atoms with Crippen molar-refractivity contribution in [1.29, 1.82) is 0 Å². The van der Waals surface area contributed by atoms with E-state index in [1.54, 1.807) is 52.5 Å². The Kier molecular flexibility index (Phi) is 12.1. The van der Waals surface area contributed by atoms with E-state index in [-0.39, 0.29) is 44.8 Å². The van der Waals surface area contributed by atoms with Crippen LogP contribution in [-0.2, 0) is 32.1 Å². The highest BCUT2D eigenvalue weighted by atomic mass is 35.5. The maximum Gasteiger partial charge on any atom is 0.320 e. The van der Waals surface area contributed by atoms with Crippen LogP contribution < -0.4 is 18.9 Å². The minimum Gasteiger partial charge on any atom is -0.497 e. The van der Waals surface area contributed by atoms with Crippen molar-refractivity contribution < 1.29 is 38.0 Å². The smallest absolute Gasteiger partial charge is 0.320 e. The molecule has 0 atom stereocenters. The van der Waals surface area contributed by atoms with Crippen molar-refractivity contribution in [2.24, 2.45) is 5.92 Å². The molecule has 1 heterocycles. The minimum absolute atomic E-state index is 0. The van der Waals surface area contributed by atoms with Gasteiger partial charge < -0.3 is 28.4 Å². The zero-order valence-electron chi connectivity index (χ0n) is 23.1. The van der Waals surface area contributed by atoms with Gasteiger partial charge in [-0.3, -0.25) is 14.6 Å². The van der Waals surface area contributed by atoms with Crippen molar-refractivity contribution in [2.45, 2.75) is 46.8 Å². The van der Waals surface area contributed by atoms with E-state index in [0.717, 1.165) is 16.5 Å². The summed E-state index contributed by atoms with van der Waals surface area (Å²) in [7, 11) is 3.15. The van der Waals surface area contributed by atoms with Gasteiger partial charge in [-0.05, 0) is 70.0 Å². The molecule has 0 bridgehead atoms. The summed E-state index contributed by atoms with van der Waals surface area (Å²) in [5.41, 5.74) is 2.20. The number of methoxy groups -OCH3 is 2. The van der Waals surface area contributed by atoms with Crippen LogP contribution in [0.4, 0.5) is 0 Å². The van der Waals surface area contributed by atoms with Crippen LogP contribution in [0.2, 0.25) is 0 Å². The fraction of sp³-hybridized carbons (Fsp3) is 0.414. The first-order chi connectivity index (χ1) is 18.3. The Hall–Kier alpha value is -3.72. The van der Waals surface area contributed by atoms with Crippen LogP contribution in [0.5, 0.6) is 23.0 Å². The lowest BCUT2D eigenvalue weighted by Gasteiger charge is -2.19. The Labute approximate surface area is 235 Å². The lowest BCUT2D eigenvalue weighted by atomic mass is 9.99. The summed E-state index contributed by atoms with van der Waals surface area (Å²) in [5, 5.41) is 0.812. The molecule has 39 heavy (non-hydrogen) atoms. The molecule has 10 heteroatoms. The standard InChI is InChI=1S/C29H35NO8.ClH/c1-7-35-28(31)23(29(32)36-8-2)13-19-9-12-25(34-6)26(14-19)37-17-20-16-30-24-11-10-21(33-5)15-22(24)27(20)38-18(3)4;/h9-12,14-16,18,23H,7-8,13,17H2,1-6H3;1H. The Bertz CT molecular complexity index is 1250. The number of halogens is 1. The van der Waals surface area contributed by atoms with Crippen LogP contribution in [0.1, 0.15) is 38.8 Å². The van der Waals surface area contributed by atoms with Gasteiger partial charge in [0.05, 0.1) is 44.6 Å². The first-order valence-electron chi connectivity index (χ1n) is 12.6. The van der Waals surface area contributed by atoms with Crippen LogP contribution in [0, 0.1) is 5.92 Å². The van der Waals surface area contributed by atoms with Gasteiger partial charge in [-0.1, -0.05) is 6.07 Å². The SMILES string of the molecule is CCOC(=O)C(Cc1ccc(OC)c(OCc2cnc3ccc(OC)cc3c2OC(C)C)c1)C(=O)OCC.Cl. The monoisotopic (exact) mass is 561 g/mol. The van der Waals surface area contributed by atoms with Crippen molar-refractivity contribution >= 4 is 35.2 Å². The Morgan fingerprint density at radius 1 is 0.897 bits per heavy atom. The van der Waals surface area contributed by atoms with Crippen molar-refractivity contribution in [2.75, 3.05) is 27.4 Å². The molecule has 0 aliphatic heterocycles. The third kappa shape index (κ3) is 8.13. The molecule has 0 amide bonds. The molecule has 0 N–H and O–H groups in total. The van der Waals surface area contributed by atoms with E-state index in [4.69, 9.17) is 28.4 Å². The molecule has 212 valence electrons. The summed E-state index contributed by atoms with van der Waals surface area (Å²) < 4.78 is 33.4. The molecule has 0 saturated heterocycles. The number of carbonyl (C=O) groups excluding carboxylic acids is 2. The second-order valence-corrected chi connectivity index (χ2v) is 8.70. The lowest BCUT2D eigenvalue weighted by molar-refractivity contribution is -0.161. The van der Waals surface area contributed by atoms with E-state index in [2.05, 4.69) is 4.98 Å². The molecule has 0 unspecified atom stereocenters. The fourth-order valence-electron chi connectivity index (χ4n) is 3.89. The van der Waals surface area contributed by atoms with Crippen molar-refractivity contribution in [1.82, 2.24) is 4.98 Å². The van der Waals surface area contributed by atoms with Crippen LogP contribution in [0.25, 0.3) is 10.9 Å². The average molecular weight is 562 g/mol. The van der Waals surface area contributed by atoms with E-state index in [9.17, 15) is 9.59 Å². The first kappa shape index (κ1) is 31.5. The molecular formula is C29H36ClNO8. The maximum absolute atomic E-state index is 12.5. The van der Waals surface area contributed by atoms with Gasteiger partial charge in [-0.2, -0.15) is 0 Å². The second-order valence-electron chi connectivity index (χ2n) is 8.70. The number of ether oxygens (including phenoxy) is 6. The lowest BCUT2D eigenvalue weighted by Crippen LogP contribution is -2.30. The number of benzene rings is 2. The normalized spacial score (nSPS) is 10.7. The van der Waals surface area contributed by atoms with Gasteiger partial charge >= 0.3 is 11.9 Å². The predicted octanol–water partition coefficient (Wildman–Crippen LogP) is 5.32. The zero-order valence-corrected chi connectivity index (χ0v) is 24.0. The molecule has 3 rings (SSSR count). The van der Waals surface area contributed by atoms with Crippen molar-refractivity contribution in [3.63, 3.8) is 0 Å². The van der Waals surface area contributed by atoms with Gasteiger partial charge in [0.15, 0.2) is 17.4 Å². The highest BCUT2D eigenvalue weighted by Gasteiger charge is 2.30. The van der Waals surface area contributed by atoms with Gasteiger partial charge in [0.1, 0.15) is 18.1 Å². The number of fused-ring (bicyclic) bond motifs is 1. The third-order valence-corrected chi connectivity index (χ3v) is 5.65. The predicted molar refractivity (Wildman–Crippen MR) is 149 cm³/mol. The minimum atomic E-state index is -1.08. The largest absolute Gasteiger partial charge is 0.497 e. The number of hydrogen-bond acceptors (Lipinski definition) is 9. The van der Waals surface area contributed by atoms with Gasteiger partial charge in [-0.25, -0.2) is 0 Å². The Morgan fingerprint density at radius 3 is 2.18 bits per heavy atom. The van der Waals surface area contributed by atoms with E-state index < -0.39 is 17.9 Å². The molecule has 9 nitrogen and oxygen atoms in total. The molecule has 0 spiro atoms. The summed E-state index contributed by atoms with van der Waals surface area (Å²) in [6, 6.07) is 10.9. The highest BCUT2D eigenvalue weighted by Crippen LogP contribution is 2.35. The van der Waals surface area contributed by atoms with Crippen molar-refractivity contribution in [3.8, 4) is 23.0 Å². The van der Waals surface area contributed by atoms with E-state index in [1.165, 1.54) is 0 Å². The topological polar surface area (TPSA) is 102 Å². The number of esters is 2. The second kappa shape index (κ2) is 15.0. The number of carbonyl (C=O) groups is 2. The number of pyridine rings is 1. The molecule has 0 aliphatic rings. The summed E-state index contributed by atoms with van der Waals surface area (Å²) in [4.78, 5) is 29.5. The van der Waals surface area contributed by atoms with E-state index in [1.807, 2.05) is 32.0 Å². The van der Waals surface area contributed by atoms with Crippen LogP contribution in [0.15, 0.2) is 42.6 Å². The average Bonchev–Trinajstić information content (AvgIpc) is 2.91. The summed E-state index contributed by atoms with van der Waals surface area (Å²) in [6.45, 7) is 7.75. The zero-order chi connectivity index (χ0) is 27.7. The van der Waals surface area contributed by atoms with Crippen LogP contribution in [-0.4, -0.2) is 50.5 Å². The molecule has 0 fully saturated rings. The number of rotatable bonds is 13. The molecule has 0 aliphatic carbocycles. The fourth-order valence-corrected chi connectivity index (χ4v) is 3.89. The Balaban J connectivity index is 0.00000533. The van der Waals surface area contributed by atoms with Gasteiger partial charge in [0, 0.05) is 11.6 Å². The highest BCUT2D eigenvalue weighted by molar-refractivity contribution is 5.95. The molecule has 2 aromatic carbocycles. The number of hydrogen-bond donors (Lipinski definition) is 0. The molecule has 0 radical (unpaired) electrons. The van der Waals surface area contributed by atoms with Gasteiger partial charge in [0.25, 0.3) is 0 Å². The quantitative estimate of drug-likeness (QED) is 0.202. The molecule has 1 aromatic heterocycles. The third-order valence-electron chi connectivity index (χ3n) is 5.65. The van der Waals surface area contributed by atoms with E-state index in [0.29, 0.717) is 28.6 Å². The first-order valence-corrected chi connectivity index (χ1v) is 12.6. The Morgan fingerprint density at radius 2 is 1.59 bits per heavy atom. The van der Waals surface area contributed by atoms with Gasteiger partial charge in [-0.15, -0.1) is 12.4 Å². The van der Waals surface area contributed by atoms with E-state index >= 15 is 0 Å². The van der Waals surface area contributed by atoms with Crippen LogP contribution >= 0.6 is 12.4 Å². The number of aromatic nitrogens is 1.